The number of hydrogen-bond acceptors (Lipinski definition) is 3. The molecule has 0 spiro atoms. The molecular formula is C16H15NO4. The van der Waals surface area contributed by atoms with Crippen molar-refractivity contribution in [2.24, 2.45) is 0 Å². The van der Waals surface area contributed by atoms with Crippen molar-refractivity contribution in [1.29, 1.82) is 0 Å². The standard InChI is InChI=1S/C16H15NO4/c18-15(9-8-13-7-4-10-21-13)17-11-14(16(19)20)12-5-2-1-3-6-12/h1-10,14H,11H2,(H,17,18)(H,19,20). The van der Waals surface area contributed by atoms with Gasteiger partial charge in [0.1, 0.15) is 5.76 Å². The highest BCUT2D eigenvalue weighted by Gasteiger charge is 2.19. The third-order valence-corrected chi connectivity index (χ3v) is 2.92. The average molecular weight is 285 g/mol. The van der Waals surface area contributed by atoms with Crippen molar-refractivity contribution >= 4 is 18.0 Å². The van der Waals surface area contributed by atoms with E-state index in [0.717, 1.165) is 0 Å². The summed E-state index contributed by atoms with van der Waals surface area (Å²) in [6.07, 6.45) is 4.34. The molecule has 1 aromatic carbocycles. The highest BCUT2D eigenvalue weighted by molar-refractivity contribution is 5.91. The van der Waals surface area contributed by atoms with Crippen molar-refractivity contribution < 1.29 is 19.1 Å². The van der Waals surface area contributed by atoms with Gasteiger partial charge in [-0.2, -0.15) is 0 Å². The van der Waals surface area contributed by atoms with Gasteiger partial charge in [-0.1, -0.05) is 30.3 Å². The van der Waals surface area contributed by atoms with Crippen LogP contribution in [-0.2, 0) is 9.59 Å². The van der Waals surface area contributed by atoms with E-state index in [1.165, 1.54) is 18.4 Å². The van der Waals surface area contributed by atoms with Crippen molar-refractivity contribution in [2.75, 3.05) is 6.54 Å². The first-order valence-electron chi connectivity index (χ1n) is 6.44. The van der Waals surface area contributed by atoms with Crippen molar-refractivity contribution in [3.8, 4) is 0 Å². The molecule has 0 aliphatic rings. The molecule has 0 aliphatic carbocycles. The third kappa shape index (κ3) is 4.35. The van der Waals surface area contributed by atoms with Gasteiger partial charge in [0.05, 0.1) is 12.2 Å². The Labute approximate surface area is 121 Å². The van der Waals surface area contributed by atoms with Crippen LogP contribution in [0.3, 0.4) is 0 Å². The maximum absolute atomic E-state index is 11.7. The molecule has 1 atom stereocenters. The molecule has 1 unspecified atom stereocenters. The van der Waals surface area contributed by atoms with Crippen molar-refractivity contribution in [3.63, 3.8) is 0 Å². The number of carbonyl (C=O) groups is 2. The van der Waals surface area contributed by atoms with Gasteiger partial charge in [-0.15, -0.1) is 0 Å². The third-order valence-electron chi connectivity index (χ3n) is 2.92. The molecule has 0 radical (unpaired) electrons. The topological polar surface area (TPSA) is 79.5 Å². The van der Waals surface area contributed by atoms with Crippen LogP contribution in [0.1, 0.15) is 17.2 Å². The number of nitrogens with one attached hydrogen (secondary N) is 1. The largest absolute Gasteiger partial charge is 0.481 e. The summed E-state index contributed by atoms with van der Waals surface area (Å²) in [5.41, 5.74) is 0.653. The number of carbonyl (C=O) groups excluding carboxylic acids is 1. The number of carboxylic acids is 1. The summed E-state index contributed by atoms with van der Waals surface area (Å²) in [4.78, 5) is 22.9. The maximum atomic E-state index is 11.7. The Balaban J connectivity index is 1.93. The lowest BCUT2D eigenvalue weighted by Gasteiger charge is -2.12. The summed E-state index contributed by atoms with van der Waals surface area (Å²) >= 11 is 0. The number of hydrogen-bond donors (Lipinski definition) is 2. The van der Waals surface area contributed by atoms with E-state index in [9.17, 15) is 14.7 Å². The number of aliphatic carboxylic acids is 1. The molecule has 5 heteroatoms. The van der Waals surface area contributed by atoms with Crippen LogP contribution in [0.5, 0.6) is 0 Å². The zero-order chi connectivity index (χ0) is 15.1. The van der Waals surface area contributed by atoms with Crippen LogP contribution in [0.25, 0.3) is 6.08 Å². The number of benzene rings is 1. The Morgan fingerprint density at radius 1 is 1.19 bits per heavy atom. The van der Waals surface area contributed by atoms with Crippen LogP contribution in [-0.4, -0.2) is 23.5 Å². The van der Waals surface area contributed by atoms with Gasteiger partial charge in [-0.05, 0) is 23.8 Å². The molecule has 1 aromatic heterocycles. The number of carboxylic acid groups (broad SMARTS) is 1. The van der Waals surface area contributed by atoms with Gasteiger partial charge in [-0.3, -0.25) is 9.59 Å². The molecule has 0 fully saturated rings. The highest BCUT2D eigenvalue weighted by atomic mass is 16.4. The minimum absolute atomic E-state index is 0.0284. The number of furan rings is 1. The summed E-state index contributed by atoms with van der Waals surface area (Å²) in [5, 5.41) is 11.8. The lowest BCUT2D eigenvalue weighted by molar-refractivity contribution is -0.138. The number of rotatable bonds is 6. The Bertz CT molecular complexity index is 617. The maximum Gasteiger partial charge on any atom is 0.312 e. The van der Waals surface area contributed by atoms with Crippen molar-refractivity contribution in [1.82, 2.24) is 5.32 Å². The molecule has 2 aromatic rings. The van der Waals surface area contributed by atoms with Crippen LogP contribution in [0.15, 0.2) is 59.2 Å². The Hall–Kier alpha value is -2.82. The predicted molar refractivity (Wildman–Crippen MR) is 77.6 cm³/mol. The van der Waals surface area contributed by atoms with Gasteiger partial charge in [0.2, 0.25) is 5.91 Å². The van der Waals surface area contributed by atoms with E-state index >= 15 is 0 Å². The molecule has 0 bridgehead atoms. The molecule has 1 amide bonds. The van der Waals surface area contributed by atoms with Crippen LogP contribution < -0.4 is 5.32 Å². The van der Waals surface area contributed by atoms with Gasteiger partial charge < -0.3 is 14.8 Å². The van der Waals surface area contributed by atoms with E-state index in [1.807, 2.05) is 6.07 Å². The van der Waals surface area contributed by atoms with Crippen molar-refractivity contribution in [2.45, 2.75) is 5.92 Å². The van der Waals surface area contributed by atoms with Crippen LogP contribution in [0.2, 0.25) is 0 Å². The lowest BCUT2D eigenvalue weighted by Crippen LogP contribution is -2.30. The summed E-state index contributed by atoms with van der Waals surface area (Å²) in [7, 11) is 0. The first kappa shape index (κ1) is 14.6. The van der Waals surface area contributed by atoms with Crippen LogP contribution in [0.4, 0.5) is 0 Å². The van der Waals surface area contributed by atoms with Gasteiger partial charge in [-0.25, -0.2) is 0 Å². The van der Waals surface area contributed by atoms with Gasteiger partial charge in [0.25, 0.3) is 0 Å². The Morgan fingerprint density at radius 3 is 2.57 bits per heavy atom. The monoisotopic (exact) mass is 285 g/mol. The fraction of sp³-hybridized carbons (Fsp3) is 0.125. The summed E-state index contributed by atoms with van der Waals surface area (Å²) in [6, 6.07) is 12.2. The first-order chi connectivity index (χ1) is 10.2. The zero-order valence-electron chi connectivity index (χ0n) is 11.2. The van der Waals surface area contributed by atoms with E-state index in [4.69, 9.17) is 4.42 Å². The average Bonchev–Trinajstić information content (AvgIpc) is 2.99. The predicted octanol–water partition coefficient (Wildman–Crippen LogP) is 2.28. The van der Waals surface area contributed by atoms with E-state index in [0.29, 0.717) is 11.3 Å². The van der Waals surface area contributed by atoms with Crippen LogP contribution >= 0.6 is 0 Å². The summed E-state index contributed by atoms with van der Waals surface area (Å²) in [6.45, 7) is 0.0284. The van der Waals surface area contributed by atoms with Gasteiger partial charge in [0, 0.05) is 12.6 Å². The fourth-order valence-electron chi connectivity index (χ4n) is 1.84. The first-order valence-corrected chi connectivity index (χ1v) is 6.44. The molecule has 2 rings (SSSR count). The van der Waals surface area contributed by atoms with Gasteiger partial charge >= 0.3 is 5.97 Å². The summed E-state index contributed by atoms with van der Waals surface area (Å²) < 4.78 is 5.06. The Morgan fingerprint density at radius 2 is 1.95 bits per heavy atom. The smallest absolute Gasteiger partial charge is 0.312 e. The molecule has 0 saturated carbocycles. The minimum atomic E-state index is -0.975. The number of amides is 1. The van der Waals surface area contributed by atoms with E-state index in [2.05, 4.69) is 5.32 Å². The Kier molecular flexibility index (Phi) is 4.93. The molecule has 108 valence electrons. The molecule has 0 aliphatic heterocycles. The minimum Gasteiger partial charge on any atom is -0.481 e. The normalized spacial score (nSPS) is 12.2. The second-order valence-electron chi connectivity index (χ2n) is 4.40. The summed E-state index contributed by atoms with van der Waals surface area (Å²) in [5.74, 6) is -1.56. The second kappa shape index (κ2) is 7.09. The SMILES string of the molecule is O=C(C=Cc1ccco1)NCC(C(=O)O)c1ccccc1. The molecule has 5 nitrogen and oxygen atoms in total. The van der Waals surface area contributed by atoms with Gasteiger partial charge in [0.15, 0.2) is 0 Å². The zero-order valence-corrected chi connectivity index (χ0v) is 11.2. The fourth-order valence-corrected chi connectivity index (χ4v) is 1.84. The lowest BCUT2D eigenvalue weighted by atomic mass is 9.99. The van der Waals surface area contributed by atoms with Crippen molar-refractivity contribution in [3.05, 3.63) is 66.1 Å². The molecule has 1 heterocycles. The second-order valence-corrected chi connectivity index (χ2v) is 4.40. The molecule has 0 saturated heterocycles. The van der Waals surface area contributed by atoms with E-state index < -0.39 is 11.9 Å². The quantitative estimate of drug-likeness (QED) is 0.798. The molecule has 21 heavy (non-hydrogen) atoms. The molecular weight excluding hydrogens is 270 g/mol. The highest BCUT2D eigenvalue weighted by Crippen LogP contribution is 2.14. The van der Waals surface area contributed by atoms with Crippen LogP contribution in [0, 0.1) is 0 Å². The van der Waals surface area contributed by atoms with E-state index in [-0.39, 0.29) is 12.5 Å². The van der Waals surface area contributed by atoms with E-state index in [1.54, 1.807) is 36.4 Å². The molecule has 2 N–H and O–H groups in total.